The maximum Gasteiger partial charge on any atom is 0.417 e. The molecule has 0 saturated carbocycles. The first-order valence-corrected chi connectivity index (χ1v) is 13.7. The lowest BCUT2D eigenvalue weighted by Gasteiger charge is -2.35. The zero-order valence-electron chi connectivity index (χ0n) is 22.6. The molecule has 204 valence electrons. The van der Waals surface area contributed by atoms with Crippen LogP contribution in [-0.2, 0) is 16.0 Å². The number of ether oxygens (including phenoxy) is 1. The summed E-state index contributed by atoms with van der Waals surface area (Å²) in [5.74, 6) is 0.297. The maximum absolute atomic E-state index is 13.4. The Bertz CT molecular complexity index is 1520. The van der Waals surface area contributed by atoms with Gasteiger partial charge >= 0.3 is 6.09 Å². The van der Waals surface area contributed by atoms with Crippen LogP contribution < -0.4 is 9.80 Å². The van der Waals surface area contributed by atoms with Crippen LogP contribution in [0.1, 0.15) is 33.4 Å². The molecular formula is C28H31FN6O3S. The number of imidazole rings is 1. The summed E-state index contributed by atoms with van der Waals surface area (Å²) in [5, 5.41) is 2.73. The molecule has 1 fully saturated rings. The smallest absolute Gasteiger partial charge is 0.417 e. The zero-order valence-corrected chi connectivity index (χ0v) is 23.5. The van der Waals surface area contributed by atoms with E-state index < -0.39 is 11.7 Å². The van der Waals surface area contributed by atoms with Crippen LogP contribution in [0.15, 0.2) is 48.0 Å². The van der Waals surface area contributed by atoms with Gasteiger partial charge < -0.3 is 14.5 Å². The number of carbonyl (C=O) groups excluding carboxylic acids is 2. The standard InChI is InChI=1S/C28H31FN6O3S/c1-6-21-25(32(5)26-31-22(17-39-26)18-7-9-19(29)10-8-18)35-15-20(11-12-23(35)30-21)33-13-14-34(24(36)16-33)27(37)38-28(2,3)4/h7-12,15,17H,6,13-14,16H2,1-5H3. The van der Waals surface area contributed by atoms with E-state index in [1.54, 1.807) is 32.9 Å². The van der Waals surface area contributed by atoms with Crippen molar-refractivity contribution in [1.29, 1.82) is 0 Å². The lowest BCUT2D eigenvalue weighted by molar-refractivity contribution is -0.130. The Morgan fingerprint density at radius 3 is 2.54 bits per heavy atom. The fourth-order valence-electron chi connectivity index (χ4n) is 4.51. The summed E-state index contributed by atoms with van der Waals surface area (Å²) < 4.78 is 20.8. The van der Waals surface area contributed by atoms with Crippen LogP contribution in [0.4, 0.5) is 25.8 Å². The fraction of sp³-hybridized carbons (Fsp3) is 0.357. The molecule has 39 heavy (non-hydrogen) atoms. The van der Waals surface area contributed by atoms with Crippen molar-refractivity contribution in [3.63, 3.8) is 0 Å². The minimum Gasteiger partial charge on any atom is -0.443 e. The Balaban J connectivity index is 1.41. The van der Waals surface area contributed by atoms with E-state index in [1.807, 2.05) is 45.0 Å². The third-order valence-electron chi connectivity index (χ3n) is 6.42. The van der Waals surface area contributed by atoms with Gasteiger partial charge in [-0.2, -0.15) is 0 Å². The molecule has 0 atom stereocenters. The molecule has 0 unspecified atom stereocenters. The average Bonchev–Trinajstić information content (AvgIpc) is 3.52. The second kappa shape index (κ2) is 10.3. The van der Waals surface area contributed by atoms with Gasteiger partial charge in [-0.15, -0.1) is 11.3 Å². The van der Waals surface area contributed by atoms with Crippen LogP contribution in [0.25, 0.3) is 16.9 Å². The first kappa shape index (κ1) is 26.6. The van der Waals surface area contributed by atoms with Crippen molar-refractivity contribution in [3.8, 4) is 11.3 Å². The Hall–Kier alpha value is -3.99. The van der Waals surface area contributed by atoms with Gasteiger partial charge in [0.1, 0.15) is 22.9 Å². The highest BCUT2D eigenvalue weighted by molar-refractivity contribution is 7.14. The third-order valence-corrected chi connectivity index (χ3v) is 7.34. The van der Waals surface area contributed by atoms with E-state index in [0.717, 1.165) is 45.7 Å². The van der Waals surface area contributed by atoms with Crippen molar-refractivity contribution < 1.29 is 18.7 Å². The minimum absolute atomic E-state index is 0.0682. The first-order chi connectivity index (χ1) is 18.5. The van der Waals surface area contributed by atoms with Crippen LogP contribution in [0.5, 0.6) is 0 Å². The molecule has 1 saturated heterocycles. The summed E-state index contributed by atoms with van der Waals surface area (Å²) in [5.41, 5.74) is 3.50. The summed E-state index contributed by atoms with van der Waals surface area (Å²) in [6, 6.07) is 10.2. The fourth-order valence-corrected chi connectivity index (χ4v) is 5.32. The molecule has 0 radical (unpaired) electrons. The second-order valence-corrected chi connectivity index (χ2v) is 11.2. The number of aromatic nitrogens is 3. The van der Waals surface area contributed by atoms with Gasteiger partial charge in [-0.1, -0.05) is 6.92 Å². The number of amides is 2. The van der Waals surface area contributed by atoms with Crippen molar-refractivity contribution >= 4 is 45.6 Å². The number of halogens is 1. The highest BCUT2D eigenvalue weighted by Gasteiger charge is 2.32. The average molecular weight is 551 g/mol. The second-order valence-electron chi connectivity index (χ2n) is 10.4. The Labute approximate surface area is 230 Å². The van der Waals surface area contributed by atoms with Crippen molar-refractivity contribution in [3.05, 3.63) is 59.5 Å². The number of imide groups is 1. The van der Waals surface area contributed by atoms with Gasteiger partial charge in [0.05, 0.1) is 23.6 Å². The predicted octanol–water partition coefficient (Wildman–Crippen LogP) is 5.51. The van der Waals surface area contributed by atoms with E-state index in [9.17, 15) is 14.0 Å². The van der Waals surface area contributed by atoms with Gasteiger partial charge in [-0.25, -0.2) is 24.1 Å². The molecule has 9 nitrogen and oxygen atoms in total. The van der Waals surface area contributed by atoms with Gasteiger partial charge in [-0.05, 0) is 63.6 Å². The van der Waals surface area contributed by atoms with E-state index in [4.69, 9.17) is 14.7 Å². The van der Waals surface area contributed by atoms with Gasteiger partial charge in [0.25, 0.3) is 5.91 Å². The number of fused-ring (bicyclic) bond motifs is 1. The molecule has 1 aromatic carbocycles. The topological polar surface area (TPSA) is 83.3 Å². The van der Waals surface area contributed by atoms with Crippen LogP contribution in [0.3, 0.4) is 0 Å². The number of aryl methyl sites for hydroxylation is 1. The maximum atomic E-state index is 13.4. The van der Waals surface area contributed by atoms with Crippen LogP contribution in [0, 0.1) is 5.82 Å². The number of benzene rings is 1. The van der Waals surface area contributed by atoms with Crippen LogP contribution in [0.2, 0.25) is 0 Å². The highest BCUT2D eigenvalue weighted by Crippen LogP contribution is 2.34. The number of piperazine rings is 1. The molecule has 3 aromatic heterocycles. The Kier molecular flexibility index (Phi) is 7.02. The molecule has 4 aromatic rings. The van der Waals surface area contributed by atoms with Gasteiger partial charge in [0.2, 0.25) is 0 Å². The lowest BCUT2D eigenvalue weighted by Crippen LogP contribution is -2.53. The number of hydrogen-bond donors (Lipinski definition) is 0. The molecule has 11 heteroatoms. The van der Waals surface area contributed by atoms with Gasteiger partial charge in [-0.3, -0.25) is 9.20 Å². The number of carbonyl (C=O) groups is 2. The van der Waals surface area contributed by atoms with E-state index in [-0.39, 0.29) is 24.8 Å². The van der Waals surface area contributed by atoms with E-state index in [0.29, 0.717) is 6.54 Å². The largest absolute Gasteiger partial charge is 0.443 e. The lowest BCUT2D eigenvalue weighted by atomic mass is 10.2. The van der Waals surface area contributed by atoms with E-state index >= 15 is 0 Å². The Morgan fingerprint density at radius 1 is 1.13 bits per heavy atom. The number of thiazole rings is 1. The monoisotopic (exact) mass is 550 g/mol. The molecule has 4 heterocycles. The molecule has 0 spiro atoms. The third kappa shape index (κ3) is 5.44. The first-order valence-electron chi connectivity index (χ1n) is 12.8. The number of rotatable bonds is 5. The van der Waals surface area contributed by atoms with E-state index in [2.05, 4.69) is 6.92 Å². The van der Waals surface area contributed by atoms with Gasteiger partial charge in [0, 0.05) is 37.3 Å². The molecule has 0 N–H and O–H groups in total. The van der Waals surface area contributed by atoms with E-state index in [1.165, 1.54) is 28.4 Å². The SMILES string of the molecule is CCc1nc2ccc(N3CCN(C(=O)OC(C)(C)C)C(=O)C3)cn2c1N(C)c1nc(-c2ccc(F)cc2)cs1. The quantitative estimate of drug-likeness (QED) is 0.324. The van der Waals surface area contributed by atoms with Crippen molar-refractivity contribution in [2.75, 3.05) is 36.5 Å². The summed E-state index contributed by atoms with van der Waals surface area (Å²) in [6.07, 6.45) is 2.08. The molecule has 1 aliphatic rings. The molecular weight excluding hydrogens is 519 g/mol. The molecule has 1 aliphatic heterocycles. The number of pyridine rings is 1. The molecule has 0 aliphatic carbocycles. The number of anilines is 3. The normalized spacial score (nSPS) is 14.3. The molecule has 5 rings (SSSR count). The van der Waals surface area contributed by atoms with Crippen LogP contribution >= 0.6 is 11.3 Å². The van der Waals surface area contributed by atoms with Gasteiger partial charge in [0.15, 0.2) is 5.13 Å². The number of nitrogens with zero attached hydrogens (tertiary/aromatic N) is 6. The van der Waals surface area contributed by atoms with Crippen LogP contribution in [-0.4, -0.2) is 63.6 Å². The predicted molar refractivity (Wildman–Crippen MR) is 150 cm³/mol. The highest BCUT2D eigenvalue weighted by atomic mass is 32.1. The van der Waals surface area contributed by atoms with Crippen molar-refractivity contribution in [2.45, 2.75) is 39.7 Å². The molecule has 2 amide bonds. The molecule has 0 bridgehead atoms. The Morgan fingerprint density at radius 2 is 1.87 bits per heavy atom. The number of hydrogen-bond acceptors (Lipinski definition) is 8. The minimum atomic E-state index is -0.669. The summed E-state index contributed by atoms with van der Waals surface area (Å²) >= 11 is 1.50. The summed E-state index contributed by atoms with van der Waals surface area (Å²) in [7, 11) is 1.95. The summed E-state index contributed by atoms with van der Waals surface area (Å²) in [4.78, 5) is 40.1. The summed E-state index contributed by atoms with van der Waals surface area (Å²) in [6.45, 7) is 8.19. The zero-order chi connectivity index (χ0) is 27.9. The van der Waals surface area contributed by atoms with Crippen molar-refractivity contribution in [1.82, 2.24) is 19.3 Å². The van der Waals surface area contributed by atoms with Crippen molar-refractivity contribution in [2.24, 2.45) is 0 Å².